The third-order valence-electron chi connectivity index (χ3n) is 4.39. The maximum Gasteiger partial charge on any atom is 0.219 e. The second-order valence-electron chi connectivity index (χ2n) is 5.81. The maximum atomic E-state index is 11.8. The summed E-state index contributed by atoms with van der Waals surface area (Å²) in [6.45, 7) is 3.92. The average molecular weight is 288 g/mol. The van der Waals surface area contributed by atoms with Crippen molar-refractivity contribution in [1.82, 2.24) is 9.62 Å². The van der Waals surface area contributed by atoms with Gasteiger partial charge >= 0.3 is 0 Å². The summed E-state index contributed by atoms with van der Waals surface area (Å²) in [5.74, 6) is 0.518. The lowest BCUT2D eigenvalue weighted by molar-refractivity contribution is -0.128. The van der Waals surface area contributed by atoms with Gasteiger partial charge in [0, 0.05) is 38.4 Å². The topological polar surface area (TPSA) is 75.7 Å². The van der Waals surface area contributed by atoms with Crippen LogP contribution in [-0.4, -0.2) is 56.8 Å². The van der Waals surface area contributed by atoms with Gasteiger partial charge in [-0.3, -0.25) is 4.79 Å². The number of likely N-dealkylation sites (tertiary alicyclic amines) is 1. The molecule has 3 atom stereocenters. The Balaban J connectivity index is 1.56. The molecule has 3 aliphatic rings. The van der Waals surface area contributed by atoms with Gasteiger partial charge in [0.15, 0.2) is 0 Å². The first-order valence-electron chi connectivity index (χ1n) is 6.83. The fourth-order valence-corrected chi connectivity index (χ4v) is 4.42. The van der Waals surface area contributed by atoms with Crippen LogP contribution in [0.5, 0.6) is 0 Å². The van der Waals surface area contributed by atoms with Crippen molar-refractivity contribution < 1.29 is 17.9 Å². The first-order valence-corrected chi connectivity index (χ1v) is 8.37. The fraction of sp³-hybridized carbons (Fsp3) is 0.917. The van der Waals surface area contributed by atoms with E-state index in [1.807, 2.05) is 0 Å². The molecule has 2 aliphatic heterocycles. The normalized spacial score (nSPS) is 34.6. The number of rotatable bonds is 4. The van der Waals surface area contributed by atoms with Crippen LogP contribution in [0.2, 0.25) is 0 Å². The summed E-state index contributed by atoms with van der Waals surface area (Å²) in [7, 11) is -3.12. The molecule has 108 valence electrons. The van der Waals surface area contributed by atoms with E-state index in [4.69, 9.17) is 4.74 Å². The zero-order chi connectivity index (χ0) is 13.6. The predicted molar refractivity (Wildman–Crippen MR) is 68.9 cm³/mol. The Hall–Kier alpha value is -0.660. The number of hydrogen-bond acceptors (Lipinski definition) is 4. The van der Waals surface area contributed by atoms with Crippen molar-refractivity contribution in [2.45, 2.75) is 31.1 Å². The number of sulfonamides is 1. The van der Waals surface area contributed by atoms with Crippen LogP contribution in [0.3, 0.4) is 0 Å². The lowest BCUT2D eigenvalue weighted by atomic mass is 9.93. The maximum absolute atomic E-state index is 11.8. The van der Waals surface area contributed by atoms with Crippen LogP contribution in [0.15, 0.2) is 0 Å². The fourth-order valence-electron chi connectivity index (χ4n) is 2.99. The van der Waals surface area contributed by atoms with E-state index in [-0.39, 0.29) is 29.1 Å². The Bertz CT molecular complexity index is 474. The Morgan fingerprint density at radius 1 is 1.37 bits per heavy atom. The molecule has 1 aliphatic carbocycles. The first kappa shape index (κ1) is 13.3. The summed E-state index contributed by atoms with van der Waals surface area (Å²) in [4.78, 5) is 13.1. The molecule has 7 heteroatoms. The number of amides is 1. The van der Waals surface area contributed by atoms with Crippen LogP contribution in [0.25, 0.3) is 0 Å². The number of fused-ring (bicyclic) bond motifs is 1. The van der Waals surface area contributed by atoms with Crippen LogP contribution in [0.1, 0.15) is 19.8 Å². The Morgan fingerprint density at radius 3 is 2.74 bits per heavy atom. The van der Waals surface area contributed by atoms with Crippen molar-refractivity contribution in [1.29, 1.82) is 0 Å². The largest absolute Gasteiger partial charge is 0.376 e. The number of carbonyl (C=O) groups excluding carboxylic acids is 1. The third-order valence-corrected chi connectivity index (χ3v) is 6.31. The van der Waals surface area contributed by atoms with E-state index in [1.54, 1.807) is 11.8 Å². The Kier molecular flexibility index (Phi) is 3.31. The minimum atomic E-state index is -3.12. The smallest absolute Gasteiger partial charge is 0.219 e. The number of nitrogens with zero attached hydrogens (tertiary/aromatic N) is 1. The second-order valence-corrected chi connectivity index (χ2v) is 7.86. The third kappa shape index (κ3) is 2.64. The van der Waals surface area contributed by atoms with Gasteiger partial charge in [0.05, 0.1) is 18.0 Å². The van der Waals surface area contributed by atoms with Gasteiger partial charge in [-0.2, -0.15) is 0 Å². The molecule has 0 aromatic heterocycles. The number of carbonyl (C=O) groups is 1. The molecule has 6 nitrogen and oxygen atoms in total. The van der Waals surface area contributed by atoms with Gasteiger partial charge in [-0.05, 0) is 12.8 Å². The van der Waals surface area contributed by atoms with Crippen molar-refractivity contribution in [2.75, 3.05) is 26.2 Å². The monoisotopic (exact) mass is 288 g/mol. The molecule has 1 N–H and O–H groups in total. The van der Waals surface area contributed by atoms with E-state index in [9.17, 15) is 13.2 Å². The van der Waals surface area contributed by atoms with E-state index in [1.165, 1.54) is 0 Å². The number of hydrogen-bond donors (Lipinski definition) is 1. The zero-order valence-corrected chi connectivity index (χ0v) is 11.9. The van der Waals surface area contributed by atoms with Gasteiger partial charge in [0.1, 0.15) is 0 Å². The van der Waals surface area contributed by atoms with Gasteiger partial charge in [-0.1, -0.05) is 0 Å². The summed E-state index contributed by atoms with van der Waals surface area (Å²) < 4.78 is 32.0. The summed E-state index contributed by atoms with van der Waals surface area (Å²) in [5, 5.41) is -0.178. The molecule has 0 bridgehead atoms. The van der Waals surface area contributed by atoms with E-state index in [0.717, 1.165) is 12.8 Å². The minimum absolute atomic E-state index is 0.0651. The van der Waals surface area contributed by atoms with E-state index in [0.29, 0.717) is 26.2 Å². The summed E-state index contributed by atoms with van der Waals surface area (Å²) >= 11 is 0. The van der Waals surface area contributed by atoms with Crippen molar-refractivity contribution in [3.05, 3.63) is 0 Å². The quantitative estimate of drug-likeness (QED) is 0.761. The van der Waals surface area contributed by atoms with Gasteiger partial charge in [0.2, 0.25) is 15.9 Å². The predicted octanol–water partition coefficient (Wildman–Crippen LogP) is -0.438. The second kappa shape index (κ2) is 4.71. The van der Waals surface area contributed by atoms with Gasteiger partial charge < -0.3 is 9.64 Å². The average Bonchev–Trinajstić information content (AvgIpc) is 3.00. The molecule has 0 spiro atoms. The van der Waals surface area contributed by atoms with Crippen molar-refractivity contribution >= 4 is 15.9 Å². The van der Waals surface area contributed by atoms with E-state index >= 15 is 0 Å². The molecule has 2 saturated heterocycles. The lowest BCUT2D eigenvalue weighted by Crippen LogP contribution is -2.36. The molecular weight excluding hydrogens is 268 g/mol. The lowest BCUT2D eigenvalue weighted by Gasteiger charge is -2.18. The Labute approximate surface area is 113 Å². The summed E-state index contributed by atoms with van der Waals surface area (Å²) in [6.07, 6.45) is 1.64. The first-order chi connectivity index (χ1) is 8.97. The molecule has 0 unspecified atom stereocenters. The highest BCUT2D eigenvalue weighted by atomic mass is 32.2. The molecule has 0 aromatic carbocycles. The van der Waals surface area contributed by atoms with Crippen LogP contribution >= 0.6 is 0 Å². The zero-order valence-electron chi connectivity index (χ0n) is 11.0. The Morgan fingerprint density at radius 2 is 2.11 bits per heavy atom. The molecule has 2 heterocycles. The number of nitrogens with one attached hydrogen (secondary N) is 1. The number of ether oxygens (including phenoxy) is 1. The molecule has 0 radical (unpaired) electrons. The van der Waals surface area contributed by atoms with Crippen LogP contribution in [-0.2, 0) is 19.6 Å². The molecule has 19 heavy (non-hydrogen) atoms. The van der Waals surface area contributed by atoms with Crippen molar-refractivity contribution in [3.63, 3.8) is 0 Å². The van der Waals surface area contributed by atoms with E-state index in [2.05, 4.69) is 4.72 Å². The van der Waals surface area contributed by atoms with Crippen molar-refractivity contribution in [2.24, 2.45) is 11.8 Å². The molecular formula is C12H20N2O4S. The van der Waals surface area contributed by atoms with Gasteiger partial charge in [0.25, 0.3) is 0 Å². The highest BCUT2D eigenvalue weighted by molar-refractivity contribution is 7.90. The van der Waals surface area contributed by atoms with Gasteiger partial charge in [-0.15, -0.1) is 0 Å². The highest BCUT2D eigenvalue weighted by Gasteiger charge is 2.45. The standard InChI is InChI=1S/C12H20N2O4S/c1-8(15)14-5-11-9(7-18-12(11)6-14)4-13-19(16,17)10-2-3-10/h9-13H,2-7H2,1H3/t9-,11-,12-/m0/s1. The highest BCUT2D eigenvalue weighted by Crippen LogP contribution is 2.34. The SMILES string of the molecule is CC(=O)N1C[C@H]2[C@@H](CNS(=O)(=O)C3CC3)CO[C@H]2C1. The van der Waals surface area contributed by atoms with Crippen molar-refractivity contribution in [3.8, 4) is 0 Å². The molecule has 1 amide bonds. The van der Waals surface area contributed by atoms with Crippen LogP contribution < -0.4 is 4.72 Å². The van der Waals surface area contributed by atoms with E-state index < -0.39 is 10.0 Å². The van der Waals surface area contributed by atoms with Crippen LogP contribution in [0, 0.1) is 11.8 Å². The molecule has 0 aromatic rings. The van der Waals surface area contributed by atoms with Crippen LogP contribution in [0.4, 0.5) is 0 Å². The molecule has 3 rings (SSSR count). The summed E-state index contributed by atoms with van der Waals surface area (Å²) in [5.41, 5.74) is 0. The molecule has 1 saturated carbocycles. The molecule has 3 fully saturated rings. The minimum Gasteiger partial charge on any atom is -0.376 e. The summed E-state index contributed by atoms with van der Waals surface area (Å²) in [6, 6.07) is 0. The van der Waals surface area contributed by atoms with Gasteiger partial charge in [-0.25, -0.2) is 13.1 Å².